The fraction of sp³-hybridized carbons (Fsp3) is 0.188. The molecular formula is C16H16F2N2O3S. The molecule has 0 aromatic heterocycles. The summed E-state index contributed by atoms with van der Waals surface area (Å²) < 4.78 is 52.5. The Bertz CT molecular complexity index is 883. The number of halogens is 2. The van der Waals surface area contributed by atoms with Crippen molar-refractivity contribution in [3.63, 3.8) is 0 Å². The first-order valence-electron chi connectivity index (χ1n) is 7.01. The van der Waals surface area contributed by atoms with Gasteiger partial charge in [-0.25, -0.2) is 21.9 Å². The van der Waals surface area contributed by atoms with E-state index >= 15 is 0 Å². The van der Waals surface area contributed by atoms with Crippen molar-refractivity contribution in [1.82, 2.24) is 4.72 Å². The van der Waals surface area contributed by atoms with Gasteiger partial charge in [-0.05, 0) is 37.6 Å². The first kappa shape index (κ1) is 18.0. The topological polar surface area (TPSA) is 75.3 Å². The second-order valence-corrected chi connectivity index (χ2v) is 7.01. The van der Waals surface area contributed by atoms with Crippen LogP contribution in [0.5, 0.6) is 0 Å². The Morgan fingerprint density at radius 3 is 2.38 bits per heavy atom. The smallest absolute Gasteiger partial charge is 0.241 e. The third-order valence-electron chi connectivity index (χ3n) is 3.25. The zero-order chi connectivity index (χ0) is 17.9. The molecular weight excluding hydrogens is 338 g/mol. The molecule has 2 aromatic rings. The fourth-order valence-electron chi connectivity index (χ4n) is 2.12. The van der Waals surface area contributed by atoms with Crippen LogP contribution in [0.25, 0.3) is 0 Å². The molecule has 0 radical (unpaired) electrons. The maximum absolute atomic E-state index is 13.1. The average molecular weight is 354 g/mol. The Morgan fingerprint density at radius 2 is 1.75 bits per heavy atom. The van der Waals surface area contributed by atoms with Crippen LogP contribution in [0.2, 0.25) is 0 Å². The molecule has 1 amide bonds. The lowest BCUT2D eigenvalue weighted by Gasteiger charge is -2.10. The van der Waals surface area contributed by atoms with Crippen molar-refractivity contribution in [2.45, 2.75) is 18.7 Å². The summed E-state index contributed by atoms with van der Waals surface area (Å²) in [5, 5.41) is 2.29. The van der Waals surface area contributed by atoms with E-state index in [1.807, 2.05) is 6.92 Å². The van der Waals surface area contributed by atoms with Crippen LogP contribution in [-0.4, -0.2) is 20.9 Å². The van der Waals surface area contributed by atoms with Gasteiger partial charge in [0.05, 0.1) is 11.4 Å². The Hall–Kier alpha value is -2.32. The van der Waals surface area contributed by atoms with Crippen LogP contribution < -0.4 is 10.0 Å². The minimum Gasteiger partial charge on any atom is -0.325 e. The number of anilines is 1. The molecule has 5 nitrogen and oxygen atoms in total. The molecule has 24 heavy (non-hydrogen) atoms. The molecule has 0 aliphatic heterocycles. The number of amides is 1. The molecule has 0 spiro atoms. The Labute approximate surface area is 138 Å². The van der Waals surface area contributed by atoms with Gasteiger partial charge >= 0.3 is 0 Å². The lowest BCUT2D eigenvalue weighted by molar-refractivity contribution is -0.115. The van der Waals surface area contributed by atoms with Crippen molar-refractivity contribution < 1.29 is 22.0 Å². The number of sulfonamides is 1. The van der Waals surface area contributed by atoms with Crippen molar-refractivity contribution in [1.29, 1.82) is 0 Å². The predicted octanol–water partition coefficient (Wildman–Crippen LogP) is 2.50. The Kier molecular flexibility index (Phi) is 5.30. The van der Waals surface area contributed by atoms with Crippen molar-refractivity contribution in [3.8, 4) is 0 Å². The summed E-state index contributed by atoms with van der Waals surface area (Å²) >= 11 is 0. The number of rotatable bonds is 5. The number of aryl methyl sites for hydroxylation is 2. The predicted molar refractivity (Wildman–Crippen MR) is 86.1 cm³/mol. The fourth-order valence-corrected chi connectivity index (χ4v) is 3.32. The van der Waals surface area contributed by atoms with Gasteiger partial charge in [-0.3, -0.25) is 4.79 Å². The van der Waals surface area contributed by atoms with Gasteiger partial charge in [-0.2, -0.15) is 0 Å². The van der Waals surface area contributed by atoms with E-state index in [1.165, 1.54) is 12.1 Å². The summed E-state index contributed by atoms with van der Waals surface area (Å²) in [6, 6.07) is 7.69. The zero-order valence-corrected chi connectivity index (χ0v) is 13.9. The van der Waals surface area contributed by atoms with Crippen LogP contribution in [0.4, 0.5) is 14.5 Å². The van der Waals surface area contributed by atoms with Crippen molar-refractivity contribution in [2.75, 3.05) is 11.9 Å². The van der Waals surface area contributed by atoms with E-state index in [0.29, 0.717) is 5.56 Å². The number of carbonyl (C=O) groups is 1. The summed E-state index contributed by atoms with van der Waals surface area (Å²) in [5.41, 5.74) is 1.51. The van der Waals surface area contributed by atoms with Gasteiger partial charge in [-0.1, -0.05) is 17.7 Å². The zero-order valence-electron chi connectivity index (χ0n) is 13.1. The number of hydrogen-bond acceptors (Lipinski definition) is 3. The molecule has 2 aromatic carbocycles. The van der Waals surface area contributed by atoms with Gasteiger partial charge in [0.1, 0.15) is 0 Å². The van der Waals surface area contributed by atoms with E-state index < -0.39 is 34.1 Å². The molecule has 128 valence electrons. The van der Waals surface area contributed by atoms with Crippen LogP contribution >= 0.6 is 0 Å². The molecule has 0 saturated carbocycles. The quantitative estimate of drug-likeness (QED) is 0.866. The highest BCUT2D eigenvalue weighted by atomic mass is 32.2. The van der Waals surface area contributed by atoms with Gasteiger partial charge < -0.3 is 5.32 Å². The second kappa shape index (κ2) is 7.06. The molecule has 0 heterocycles. The highest BCUT2D eigenvalue weighted by Crippen LogP contribution is 2.16. The SMILES string of the molecule is Cc1ccc(S(=O)(=O)NCC(=O)Nc2ccc(F)c(F)c2)c(C)c1. The Morgan fingerprint density at radius 1 is 1.04 bits per heavy atom. The summed E-state index contributed by atoms with van der Waals surface area (Å²) in [5.74, 6) is -2.85. The van der Waals surface area contributed by atoms with Crippen molar-refractivity contribution in [2.24, 2.45) is 0 Å². The summed E-state index contributed by atoms with van der Waals surface area (Å²) in [7, 11) is -3.85. The molecule has 0 fully saturated rings. The average Bonchev–Trinajstić information content (AvgIpc) is 2.49. The molecule has 2 N–H and O–H groups in total. The van der Waals surface area contributed by atoms with Crippen LogP contribution in [0.1, 0.15) is 11.1 Å². The molecule has 0 aliphatic rings. The van der Waals surface area contributed by atoms with Gasteiger partial charge in [-0.15, -0.1) is 0 Å². The summed E-state index contributed by atoms with van der Waals surface area (Å²) in [6.07, 6.45) is 0. The van der Waals surface area contributed by atoms with E-state index in [9.17, 15) is 22.0 Å². The van der Waals surface area contributed by atoms with E-state index in [4.69, 9.17) is 0 Å². The lowest BCUT2D eigenvalue weighted by Crippen LogP contribution is -2.33. The largest absolute Gasteiger partial charge is 0.325 e. The van der Waals surface area contributed by atoms with Crippen LogP contribution in [0.15, 0.2) is 41.3 Å². The highest BCUT2D eigenvalue weighted by molar-refractivity contribution is 7.89. The minimum absolute atomic E-state index is 0.0321. The van der Waals surface area contributed by atoms with E-state index in [-0.39, 0.29) is 10.6 Å². The number of carbonyl (C=O) groups excluding carboxylic acids is 1. The van der Waals surface area contributed by atoms with Crippen LogP contribution in [0, 0.1) is 25.5 Å². The third-order valence-corrected chi connectivity index (χ3v) is 4.81. The highest BCUT2D eigenvalue weighted by Gasteiger charge is 2.18. The summed E-state index contributed by atoms with van der Waals surface area (Å²) in [6.45, 7) is 2.96. The molecule has 0 aliphatic carbocycles. The maximum Gasteiger partial charge on any atom is 0.241 e. The molecule has 8 heteroatoms. The minimum atomic E-state index is -3.85. The maximum atomic E-state index is 13.1. The molecule has 2 rings (SSSR count). The van der Waals surface area contributed by atoms with E-state index in [1.54, 1.807) is 19.1 Å². The van der Waals surface area contributed by atoms with Gasteiger partial charge in [0.25, 0.3) is 0 Å². The lowest BCUT2D eigenvalue weighted by atomic mass is 10.2. The van der Waals surface area contributed by atoms with Crippen LogP contribution in [0.3, 0.4) is 0 Å². The first-order valence-corrected chi connectivity index (χ1v) is 8.49. The number of nitrogens with one attached hydrogen (secondary N) is 2. The molecule has 0 saturated heterocycles. The van der Waals surface area contributed by atoms with E-state index in [0.717, 1.165) is 17.7 Å². The third kappa shape index (κ3) is 4.36. The monoisotopic (exact) mass is 354 g/mol. The first-order chi connectivity index (χ1) is 11.2. The normalized spacial score (nSPS) is 11.3. The second-order valence-electron chi connectivity index (χ2n) is 5.27. The van der Waals surface area contributed by atoms with E-state index in [2.05, 4.69) is 10.0 Å². The van der Waals surface area contributed by atoms with Gasteiger partial charge in [0, 0.05) is 11.8 Å². The molecule has 0 unspecified atom stereocenters. The Balaban J connectivity index is 2.03. The standard InChI is InChI=1S/C16H16F2N2O3S/c1-10-3-6-15(11(2)7-10)24(22,23)19-9-16(21)20-12-4-5-13(17)14(18)8-12/h3-8,19H,9H2,1-2H3,(H,20,21). The summed E-state index contributed by atoms with van der Waals surface area (Å²) in [4.78, 5) is 11.8. The van der Waals surface area contributed by atoms with Crippen molar-refractivity contribution >= 4 is 21.6 Å². The van der Waals surface area contributed by atoms with Crippen LogP contribution in [-0.2, 0) is 14.8 Å². The number of hydrogen-bond donors (Lipinski definition) is 2. The number of benzene rings is 2. The van der Waals surface area contributed by atoms with Gasteiger partial charge in [0.2, 0.25) is 15.9 Å². The molecule has 0 bridgehead atoms. The molecule has 0 atom stereocenters. The van der Waals surface area contributed by atoms with Crippen molar-refractivity contribution in [3.05, 3.63) is 59.2 Å². The van der Waals surface area contributed by atoms with Gasteiger partial charge in [0.15, 0.2) is 11.6 Å².